The molecule has 0 aliphatic carbocycles. The van der Waals surface area contributed by atoms with Crippen LogP contribution in [0.4, 0.5) is 0 Å². The molecule has 0 aromatic rings. The summed E-state index contributed by atoms with van der Waals surface area (Å²) in [5.41, 5.74) is 0. The summed E-state index contributed by atoms with van der Waals surface area (Å²) in [5, 5.41) is 17.6. The Labute approximate surface area is 118 Å². The minimum atomic E-state index is -1.16. The smallest absolute Gasteiger partial charge is 0.332 e. The standard InChI is InChI=1S/C16H32O3/c1-2-3-4-5-6-7-8-9-10-11-12-13-14-15(17)16(18)19/h15,17H,2-14H2,1H3,(H,18,19)/t15-/m0/s1. The number of unbranched alkanes of at least 4 members (excludes halogenated alkanes) is 11. The average molecular weight is 272 g/mol. The number of carboxylic acid groups (broad SMARTS) is 1. The van der Waals surface area contributed by atoms with Crippen LogP contribution in [0.5, 0.6) is 0 Å². The van der Waals surface area contributed by atoms with Gasteiger partial charge in [0, 0.05) is 0 Å². The summed E-state index contributed by atoms with van der Waals surface area (Å²) in [6.07, 6.45) is 14.4. The molecule has 0 spiro atoms. The number of aliphatic hydroxyl groups is 1. The molecule has 0 radical (unpaired) electrons. The van der Waals surface area contributed by atoms with Gasteiger partial charge in [0.25, 0.3) is 0 Å². The second-order valence-corrected chi connectivity index (χ2v) is 5.53. The van der Waals surface area contributed by atoms with Crippen molar-refractivity contribution in [2.24, 2.45) is 0 Å². The quantitative estimate of drug-likeness (QED) is 0.457. The Hall–Kier alpha value is -0.570. The summed E-state index contributed by atoms with van der Waals surface area (Å²) < 4.78 is 0. The van der Waals surface area contributed by atoms with Gasteiger partial charge in [0.2, 0.25) is 0 Å². The lowest BCUT2D eigenvalue weighted by Gasteiger charge is -2.05. The Balaban J connectivity index is 3.05. The zero-order valence-electron chi connectivity index (χ0n) is 12.6. The second kappa shape index (κ2) is 13.9. The van der Waals surface area contributed by atoms with E-state index < -0.39 is 12.1 Å². The van der Waals surface area contributed by atoms with Crippen LogP contribution in [0.1, 0.15) is 90.4 Å². The van der Waals surface area contributed by atoms with E-state index in [0.717, 1.165) is 12.8 Å². The largest absolute Gasteiger partial charge is 0.479 e. The molecule has 3 heteroatoms. The van der Waals surface area contributed by atoms with Crippen molar-refractivity contribution in [1.82, 2.24) is 0 Å². The second-order valence-electron chi connectivity index (χ2n) is 5.53. The third kappa shape index (κ3) is 13.7. The third-order valence-electron chi connectivity index (χ3n) is 3.62. The Morgan fingerprint density at radius 2 is 1.16 bits per heavy atom. The van der Waals surface area contributed by atoms with Crippen molar-refractivity contribution in [3.05, 3.63) is 0 Å². The summed E-state index contributed by atoms with van der Waals surface area (Å²) >= 11 is 0. The fourth-order valence-corrected chi connectivity index (χ4v) is 2.30. The van der Waals surface area contributed by atoms with Gasteiger partial charge >= 0.3 is 5.97 Å². The molecule has 114 valence electrons. The molecule has 0 aromatic carbocycles. The minimum Gasteiger partial charge on any atom is -0.479 e. The molecule has 0 saturated carbocycles. The Bertz CT molecular complexity index is 204. The SMILES string of the molecule is CCCCCCCCCCCCCC[C@H](O)C(=O)O. The number of rotatable bonds is 14. The first-order chi connectivity index (χ1) is 9.18. The van der Waals surface area contributed by atoms with Crippen LogP contribution in [0.2, 0.25) is 0 Å². The van der Waals surface area contributed by atoms with E-state index in [-0.39, 0.29) is 0 Å². The van der Waals surface area contributed by atoms with Crippen LogP contribution >= 0.6 is 0 Å². The molecular weight excluding hydrogens is 240 g/mol. The van der Waals surface area contributed by atoms with E-state index in [1.807, 2.05) is 0 Å². The summed E-state index contributed by atoms with van der Waals surface area (Å²) in [6.45, 7) is 2.25. The number of aliphatic hydroxyl groups excluding tert-OH is 1. The van der Waals surface area contributed by atoms with Crippen LogP contribution in [-0.4, -0.2) is 22.3 Å². The van der Waals surface area contributed by atoms with Gasteiger partial charge < -0.3 is 10.2 Å². The highest BCUT2D eigenvalue weighted by Crippen LogP contribution is 2.12. The first-order valence-electron chi connectivity index (χ1n) is 8.09. The zero-order chi connectivity index (χ0) is 14.3. The predicted molar refractivity (Wildman–Crippen MR) is 79.3 cm³/mol. The lowest BCUT2D eigenvalue weighted by molar-refractivity contribution is -0.146. The third-order valence-corrected chi connectivity index (χ3v) is 3.62. The highest BCUT2D eigenvalue weighted by atomic mass is 16.4. The molecule has 0 amide bonds. The Kier molecular flexibility index (Phi) is 13.4. The fraction of sp³-hybridized carbons (Fsp3) is 0.938. The van der Waals surface area contributed by atoms with Gasteiger partial charge in [-0.2, -0.15) is 0 Å². The molecule has 3 nitrogen and oxygen atoms in total. The van der Waals surface area contributed by atoms with Crippen molar-refractivity contribution in [2.45, 2.75) is 96.5 Å². The van der Waals surface area contributed by atoms with Crippen LogP contribution in [0.3, 0.4) is 0 Å². The molecule has 0 aliphatic rings. The molecule has 0 aromatic heterocycles. The maximum atomic E-state index is 10.4. The normalized spacial score (nSPS) is 12.5. The predicted octanol–water partition coefficient (Wildman–Crippen LogP) is 4.52. The maximum Gasteiger partial charge on any atom is 0.332 e. The van der Waals surface area contributed by atoms with E-state index in [2.05, 4.69) is 6.92 Å². The molecule has 19 heavy (non-hydrogen) atoms. The van der Waals surface area contributed by atoms with Crippen molar-refractivity contribution in [1.29, 1.82) is 0 Å². The highest BCUT2D eigenvalue weighted by molar-refractivity contribution is 5.71. The molecule has 0 bridgehead atoms. The van der Waals surface area contributed by atoms with Crippen molar-refractivity contribution in [2.75, 3.05) is 0 Å². The lowest BCUT2D eigenvalue weighted by atomic mass is 10.0. The van der Waals surface area contributed by atoms with Crippen LogP contribution in [-0.2, 0) is 4.79 Å². The number of aliphatic carboxylic acids is 1. The van der Waals surface area contributed by atoms with E-state index in [4.69, 9.17) is 10.2 Å². The van der Waals surface area contributed by atoms with E-state index in [0.29, 0.717) is 6.42 Å². The summed E-state index contributed by atoms with van der Waals surface area (Å²) in [6, 6.07) is 0. The molecule has 0 aliphatic heterocycles. The number of carbonyl (C=O) groups is 1. The molecule has 0 rings (SSSR count). The summed E-state index contributed by atoms with van der Waals surface area (Å²) in [7, 11) is 0. The van der Waals surface area contributed by atoms with Crippen molar-refractivity contribution < 1.29 is 15.0 Å². The van der Waals surface area contributed by atoms with Crippen molar-refractivity contribution in [3.8, 4) is 0 Å². The van der Waals surface area contributed by atoms with Gasteiger partial charge in [-0.25, -0.2) is 4.79 Å². The highest BCUT2D eigenvalue weighted by Gasteiger charge is 2.11. The van der Waals surface area contributed by atoms with E-state index in [9.17, 15) is 4.79 Å². The molecule has 1 atom stereocenters. The maximum absolute atomic E-state index is 10.4. The molecule has 0 saturated heterocycles. The van der Waals surface area contributed by atoms with E-state index >= 15 is 0 Å². The van der Waals surface area contributed by atoms with Gasteiger partial charge in [-0.05, 0) is 6.42 Å². The monoisotopic (exact) mass is 272 g/mol. The first-order valence-corrected chi connectivity index (χ1v) is 8.09. The summed E-state index contributed by atoms with van der Waals surface area (Å²) in [4.78, 5) is 10.4. The van der Waals surface area contributed by atoms with Crippen LogP contribution in [0.15, 0.2) is 0 Å². The van der Waals surface area contributed by atoms with Crippen molar-refractivity contribution in [3.63, 3.8) is 0 Å². The van der Waals surface area contributed by atoms with E-state index in [1.54, 1.807) is 0 Å². The number of hydrogen-bond acceptors (Lipinski definition) is 2. The van der Waals surface area contributed by atoms with Crippen LogP contribution in [0, 0.1) is 0 Å². The summed E-state index contributed by atoms with van der Waals surface area (Å²) in [5.74, 6) is -1.09. The number of hydrogen-bond donors (Lipinski definition) is 2. The topological polar surface area (TPSA) is 57.5 Å². The zero-order valence-corrected chi connectivity index (χ0v) is 12.6. The number of carboxylic acids is 1. The average Bonchev–Trinajstić information content (AvgIpc) is 2.39. The van der Waals surface area contributed by atoms with Gasteiger partial charge in [0.05, 0.1) is 0 Å². The Morgan fingerprint density at radius 1 is 0.789 bits per heavy atom. The molecule has 0 fully saturated rings. The molecule has 0 heterocycles. The lowest BCUT2D eigenvalue weighted by Crippen LogP contribution is -2.18. The van der Waals surface area contributed by atoms with Gasteiger partial charge in [0.1, 0.15) is 0 Å². The molecule has 0 unspecified atom stereocenters. The van der Waals surface area contributed by atoms with Gasteiger partial charge in [-0.15, -0.1) is 0 Å². The van der Waals surface area contributed by atoms with Crippen LogP contribution < -0.4 is 0 Å². The fourth-order valence-electron chi connectivity index (χ4n) is 2.30. The minimum absolute atomic E-state index is 0.396. The van der Waals surface area contributed by atoms with E-state index in [1.165, 1.54) is 64.2 Å². The van der Waals surface area contributed by atoms with Crippen LogP contribution in [0.25, 0.3) is 0 Å². The van der Waals surface area contributed by atoms with Gasteiger partial charge in [-0.1, -0.05) is 84.0 Å². The first kappa shape index (κ1) is 18.4. The van der Waals surface area contributed by atoms with Gasteiger partial charge in [0.15, 0.2) is 6.10 Å². The molecule has 2 N–H and O–H groups in total. The van der Waals surface area contributed by atoms with Gasteiger partial charge in [-0.3, -0.25) is 0 Å². The van der Waals surface area contributed by atoms with Crippen molar-refractivity contribution >= 4 is 5.97 Å². The Morgan fingerprint density at radius 3 is 1.53 bits per heavy atom. The molecular formula is C16H32O3.